The first-order valence-electron chi connectivity index (χ1n) is 4.82. The quantitative estimate of drug-likeness (QED) is 0.639. The number of ether oxygens (including phenoxy) is 1. The molecule has 0 aliphatic carbocycles. The third kappa shape index (κ3) is 2.05. The monoisotopic (exact) mass is 210 g/mol. The number of rotatable bonds is 1. The summed E-state index contributed by atoms with van der Waals surface area (Å²) in [7, 11) is 2.72. The fraction of sp³-hybridized carbons (Fsp3) is 0.500. The number of pyridine rings is 1. The largest absolute Gasteiger partial charge is 0.378 e. The van der Waals surface area contributed by atoms with Crippen LogP contribution in [-0.2, 0) is 4.74 Å². The number of hydrogen-bond acceptors (Lipinski definition) is 3. The molecule has 0 amide bonds. The zero-order valence-corrected chi connectivity index (χ0v) is 9.52. The Morgan fingerprint density at radius 1 is 1.43 bits per heavy atom. The molecule has 1 saturated heterocycles. The maximum atomic E-state index is 5.31. The van der Waals surface area contributed by atoms with Gasteiger partial charge in [-0.05, 0) is 18.3 Å². The zero-order chi connectivity index (χ0) is 9.97. The smallest absolute Gasteiger partial charge is 0.0642 e. The predicted molar refractivity (Wildman–Crippen MR) is 61.4 cm³/mol. The fourth-order valence-corrected chi connectivity index (χ4v) is 1.78. The minimum atomic E-state index is 0.820. The third-order valence-electron chi connectivity index (χ3n) is 2.49. The average molecular weight is 210 g/mol. The van der Waals surface area contributed by atoms with E-state index in [1.54, 1.807) is 0 Å². The number of hydrogen-bond donors (Lipinski definition) is 0. The summed E-state index contributed by atoms with van der Waals surface area (Å²) >= 11 is 0. The molecule has 1 aliphatic rings. The summed E-state index contributed by atoms with van der Waals surface area (Å²) < 4.78 is 5.31. The van der Waals surface area contributed by atoms with Crippen molar-refractivity contribution in [2.24, 2.45) is 0 Å². The van der Waals surface area contributed by atoms with Crippen molar-refractivity contribution in [1.29, 1.82) is 0 Å². The Hall–Kier alpha value is -0.660. The molecule has 0 radical (unpaired) electrons. The Kier molecular flexibility index (Phi) is 2.99. The molecule has 2 rings (SSSR count). The number of aryl methyl sites for hydroxylation is 1. The van der Waals surface area contributed by atoms with Crippen LogP contribution in [0.3, 0.4) is 0 Å². The van der Waals surface area contributed by atoms with Gasteiger partial charge in [0.25, 0.3) is 0 Å². The molecule has 0 aromatic carbocycles. The average Bonchev–Trinajstić information content (AvgIpc) is 2.23. The van der Waals surface area contributed by atoms with Gasteiger partial charge in [-0.15, -0.1) is 9.24 Å². The van der Waals surface area contributed by atoms with E-state index in [1.165, 1.54) is 11.0 Å². The van der Waals surface area contributed by atoms with Gasteiger partial charge in [0.2, 0.25) is 0 Å². The molecule has 0 saturated carbocycles. The maximum absolute atomic E-state index is 5.31. The molecule has 76 valence electrons. The van der Waals surface area contributed by atoms with Crippen molar-refractivity contribution < 1.29 is 4.74 Å². The number of nitrogens with zero attached hydrogens (tertiary/aromatic N) is 2. The normalized spacial score (nSPS) is 17.1. The number of aromatic nitrogens is 1. The van der Waals surface area contributed by atoms with Gasteiger partial charge in [0, 0.05) is 18.8 Å². The molecule has 0 bridgehead atoms. The van der Waals surface area contributed by atoms with Crippen molar-refractivity contribution in [3.8, 4) is 0 Å². The van der Waals surface area contributed by atoms with E-state index >= 15 is 0 Å². The summed E-state index contributed by atoms with van der Waals surface area (Å²) in [6, 6.07) is 2.16. The van der Waals surface area contributed by atoms with Crippen LogP contribution in [0.2, 0.25) is 0 Å². The van der Waals surface area contributed by atoms with Crippen molar-refractivity contribution in [1.82, 2.24) is 4.98 Å². The van der Waals surface area contributed by atoms with Crippen LogP contribution < -0.4 is 10.2 Å². The molecule has 1 unspecified atom stereocenters. The number of anilines is 1. The Bertz CT molecular complexity index is 324. The molecule has 1 aromatic rings. The summed E-state index contributed by atoms with van der Waals surface area (Å²) in [5.74, 6) is 0. The second kappa shape index (κ2) is 4.24. The SMILES string of the molecule is Cc1ncc(N2CCOCC2)cc1P. The molecule has 1 fully saturated rings. The Morgan fingerprint density at radius 2 is 2.14 bits per heavy atom. The van der Waals surface area contributed by atoms with Crippen LogP contribution in [0.25, 0.3) is 0 Å². The van der Waals surface area contributed by atoms with Gasteiger partial charge in [-0.25, -0.2) is 0 Å². The van der Waals surface area contributed by atoms with Crippen LogP contribution in [0.4, 0.5) is 5.69 Å². The van der Waals surface area contributed by atoms with Crippen LogP contribution in [0.1, 0.15) is 5.69 Å². The van der Waals surface area contributed by atoms with Gasteiger partial charge in [-0.2, -0.15) is 0 Å². The lowest BCUT2D eigenvalue weighted by Gasteiger charge is -2.28. The van der Waals surface area contributed by atoms with E-state index in [1.807, 2.05) is 13.1 Å². The van der Waals surface area contributed by atoms with Crippen molar-refractivity contribution in [2.75, 3.05) is 31.2 Å². The Morgan fingerprint density at radius 3 is 2.79 bits per heavy atom. The van der Waals surface area contributed by atoms with E-state index in [2.05, 4.69) is 25.2 Å². The highest BCUT2D eigenvalue weighted by Gasteiger charge is 2.11. The topological polar surface area (TPSA) is 25.4 Å². The van der Waals surface area contributed by atoms with Crippen molar-refractivity contribution >= 4 is 20.2 Å². The molecule has 3 nitrogen and oxygen atoms in total. The first-order valence-corrected chi connectivity index (χ1v) is 5.40. The summed E-state index contributed by atoms with van der Waals surface area (Å²) in [5, 5.41) is 1.17. The molecule has 1 aliphatic heterocycles. The molecule has 2 heterocycles. The zero-order valence-electron chi connectivity index (χ0n) is 8.36. The van der Waals surface area contributed by atoms with Gasteiger partial charge in [0.15, 0.2) is 0 Å². The molecular weight excluding hydrogens is 195 g/mol. The van der Waals surface area contributed by atoms with Gasteiger partial charge in [0.1, 0.15) is 0 Å². The predicted octanol–water partition coefficient (Wildman–Crippen LogP) is 0.727. The van der Waals surface area contributed by atoms with Gasteiger partial charge in [0.05, 0.1) is 25.1 Å². The molecule has 1 aromatic heterocycles. The minimum Gasteiger partial charge on any atom is -0.378 e. The summed E-state index contributed by atoms with van der Waals surface area (Å²) in [5.41, 5.74) is 2.27. The van der Waals surface area contributed by atoms with Crippen molar-refractivity contribution in [2.45, 2.75) is 6.92 Å². The fourth-order valence-electron chi connectivity index (χ4n) is 1.53. The lowest BCUT2D eigenvalue weighted by Crippen LogP contribution is -2.36. The van der Waals surface area contributed by atoms with Crippen LogP contribution >= 0.6 is 9.24 Å². The van der Waals surface area contributed by atoms with E-state index in [0.29, 0.717) is 0 Å². The van der Waals surface area contributed by atoms with Crippen molar-refractivity contribution in [3.05, 3.63) is 18.0 Å². The molecule has 0 N–H and O–H groups in total. The van der Waals surface area contributed by atoms with Crippen LogP contribution in [-0.4, -0.2) is 31.3 Å². The third-order valence-corrected chi connectivity index (χ3v) is 3.07. The van der Waals surface area contributed by atoms with Gasteiger partial charge in [-0.3, -0.25) is 4.98 Å². The highest BCUT2D eigenvalue weighted by molar-refractivity contribution is 7.27. The van der Waals surface area contributed by atoms with Gasteiger partial charge < -0.3 is 9.64 Å². The van der Waals surface area contributed by atoms with Gasteiger partial charge in [-0.1, -0.05) is 0 Å². The van der Waals surface area contributed by atoms with E-state index in [-0.39, 0.29) is 0 Å². The second-order valence-corrected chi connectivity index (χ2v) is 4.09. The van der Waals surface area contributed by atoms with E-state index in [9.17, 15) is 0 Å². The number of morpholine rings is 1. The standard InChI is InChI=1S/C10H15N2OP/c1-8-10(14)6-9(7-11-8)12-2-4-13-5-3-12/h6-7H,2-5,14H2,1H3. The first kappa shape index (κ1) is 9.88. The summed E-state index contributed by atoms with van der Waals surface area (Å²) in [4.78, 5) is 6.66. The lowest BCUT2D eigenvalue weighted by molar-refractivity contribution is 0.122. The Labute approximate surface area is 86.7 Å². The van der Waals surface area contributed by atoms with Crippen LogP contribution in [0.15, 0.2) is 12.3 Å². The highest BCUT2D eigenvalue weighted by Crippen LogP contribution is 2.14. The first-order chi connectivity index (χ1) is 6.77. The molecule has 4 heteroatoms. The second-order valence-electron chi connectivity index (χ2n) is 3.47. The lowest BCUT2D eigenvalue weighted by atomic mass is 10.3. The summed E-state index contributed by atoms with van der Waals surface area (Å²) in [6.45, 7) is 5.59. The van der Waals surface area contributed by atoms with E-state index in [0.717, 1.165) is 32.0 Å². The molecular formula is C10H15N2OP. The van der Waals surface area contributed by atoms with Crippen LogP contribution in [0, 0.1) is 6.92 Å². The van der Waals surface area contributed by atoms with E-state index < -0.39 is 0 Å². The van der Waals surface area contributed by atoms with Crippen LogP contribution in [0.5, 0.6) is 0 Å². The molecule has 0 spiro atoms. The molecule has 14 heavy (non-hydrogen) atoms. The van der Waals surface area contributed by atoms with Crippen molar-refractivity contribution in [3.63, 3.8) is 0 Å². The summed E-state index contributed by atoms with van der Waals surface area (Å²) in [6.07, 6.45) is 1.94. The van der Waals surface area contributed by atoms with E-state index in [4.69, 9.17) is 4.74 Å². The van der Waals surface area contributed by atoms with Gasteiger partial charge >= 0.3 is 0 Å². The maximum Gasteiger partial charge on any atom is 0.0642 e. The highest BCUT2D eigenvalue weighted by atomic mass is 31.0. The molecule has 1 atom stereocenters. The minimum absolute atomic E-state index is 0.820. The Balaban J connectivity index is 2.18.